The van der Waals surface area contributed by atoms with Crippen LogP contribution in [-0.4, -0.2) is 41.3 Å². The van der Waals surface area contributed by atoms with Gasteiger partial charge >= 0.3 is 6.09 Å². The highest BCUT2D eigenvalue weighted by molar-refractivity contribution is 5.68. The predicted octanol–water partition coefficient (Wildman–Crippen LogP) is 1.50. The maximum Gasteiger partial charge on any atom is 0.410 e. The number of likely N-dealkylation sites (tertiary alicyclic amines) is 1. The highest BCUT2D eigenvalue weighted by Gasteiger charge is 2.32. The molecule has 0 aliphatic carbocycles. The summed E-state index contributed by atoms with van der Waals surface area (Å²) in [6.45, 7) is 0.935. The fourth-order valence-electron chi connectivity index (χ4n) is 2.62. The quantitative estimate of drug-likeness (QED) is 0.875. The number of nitrogens with two attached hydrogens (primary N) is 1. The Kier molecular flexibility index (Phi) is 5.38. The molecule has 2 rings (SSSR count). The third kappa shape index (κ3) is 3.71. The Balaban J connectivity index is 1.92. The molecule has 5 heteroatoms. The van der Waals surface area contributed by atoms with Gasteiger partial charge in [0.1, 0.15) is 6.61 Å². The van der Waals surface area contributed by atoms with Gasteiger partial charge in [-0.25, -0.2) is 4.79 Å². The molecule has 1 aromatic carbocycles. The number of rotatable bonds is 4. The van der Waals surface area contributed by atoms with Gasteiger partial charge in [0.05, 0.1) is 6.04 Å². The van der Waals surface area contributed by atoms with Crippen molar-refractivity contribution in [1.29, 1.82) is 0 Å². The minimum atomic E-state index is -0.345. The van der Waals surface area contributed by atoms with Crippen molar-refractivity contribution < 1.29 is 14.6 Å². The van der Waals surface area contributed by atoms with Crippen LogP contribution in [0.4, 0.5) is 4.79 Å². The van der Waals surface area contributed by atoms with Gasteiger partial charge in [-0.05, 0) is 24.8 Å². The van der Waals surface area contributed by atoms with E-state index in [-0.39, 0.29) is 31.4 Å². The van der Waals surface area contributed by atoms with E-state index < -0.39 is 0 Å². The molecule has 1 aliphatic heterocycles. The number of hydrogen-bond donors (Lipinski definition) is 2. The van der Waals surface area contributed by atoms with Crippen molar-refractivity contribution in [3.8, 4) is 0 Å². The molecule has 0 aromatic heterocycles. The average molecular weight is 278 g/mol. The summed E-state index contributed by atoms with van der Waals surface area (Å²) >= 11 is 0. The number of benzene rings is 1. The Labute approximate surface area is 119 Å². The lowest BCUT2D eigenvalue weighted by molar-refractivity contribution is 0.0545. The van der Waals surface area contributed by atoms with Crippen LogP contribution in [0.2, 0.25) is 0 Å². The van der Waals surface area contributed by atoms with Crippen molar-refractivity contribution in [3.63, 3.8) is 0 Å². The van der Waals surface area contributed by atoms with Gasteiger partial charge in [-0.3, -0.25) is 0 Å². The van der Waals surface area contributed by atoms with Gasteiger partial charge in [0.25, 0.3) is 0 Å². The first-order valence-corrected chi connectivity index (χ1v) is 7.06. The zero-order chi connectivity index (χ0) is 14.4. The van der Waals surface area contributed by atoms with Gasteiger partial charge in [-0.1, -0.05) is 30.3 Å². The summed E-state index contributed by atoms with van der Waals surface area (Å²) in [6, 6.07) is 9.37. The monoisotopic (exact) mass is 278 g/mol. The molecule has 1 saturated heterocycles. The molecule has 0 unspecified atom stereocenters. The van der Waals surface area contributed by atoms with Crippen molar-refractivity contribution in [2.75, 3.05) is 13.2 Å². The molecule has 1 heterocycles. The molecule has 2 atom stereocenters. The first kappa shape index (κ1) is 14.8. The smallest absolute Gasteiger partial charge is 0.410 e. The van der Waals surface area contributed by atoms with Crippen LogP contribution in [0.1, 0.15) is 24.8 Å². The molecule has 1 fully saturated rings. The number of piperidine rings is 1. The van der Waals surface area contributed by atoms with Crippen LogP contribution in [0.15, 0.2) is 30.3 Å². The van der Waals surface area contributed by atoms with Gasteiger partial charge in [0, 0.05) is 19.2 Å². The highest BCUT2D eigenvalue weighted by Crippen LogP contribution is 2.20. The van der Waals surface area contributed by atoms with Crippen LogP contribution in [0, 0.1) is 0 Å². The SMILES string of the molecule is N[C@@H]1CCCN(C(=O)OCc2ccccc2)[C@H]1CCO. The highest BCUT2D eigenvalue weighted by atomic mass is 16.6. The third-order valence-electron chi connectivity index (χ3n) is 3.70. The molecule has 0 spiro atoms. The molecule has 1 aliphatic rings. The summed E-state index contributed by atoms with van der Waals surface area (Å²) in [5.41, 5.74) is 7.00. The van der Waals surface area contributed by atoms with Gasteiger partial charge < -0.3 is 20.5 Å². The normalized spacial score (nSPS) is 22.6. The van der Waals surface area contributed by atoms with Crippen LogP contribution in [0.25, 0.3) is 0 Å². The van der Waals surface area contributed by atoms with Crippen molar-refractivity contribution in [2.45, 2.75) is 38.0 Å². The minimum absolute atomic E-state index is 0.0286. The number of carbonyl (C=O) groups excluding carboxylic acids is 1. The van der Waals surface area contributed by atoms with E-state index in [0.717, 1.165) is 18.4 Å². The Morgan fingerprint density at radius 2 is 2.15 bits per heavy atom. The second-order valence-electron chi connectivity index (χ2n) is 5.12. The Morgan fingerprint density at radius 3 is 2.85 bits per heavy atom. The van der Waals surface area contributed by atoms with E-state index >= 15 is 0 Å². The van der Waals surface area contributed by atoms with Crippen molar-refractivity contribution in [3.05, 3.63) is 35.9 Å². The van der Waals surface area contributed by atoms with E-state index in [0.29, 0.717) is 13.0 Å². The third-order valence-corrected chi connectivity index (χ3v) is 3.70. The summed E-state index contributed by atoms with van der Waals surface area (Å²) in [5, 5.41) is 9.11. The number of ether oxygens (including phenoxy) is 1. The number of carbonyl (C=O) groups is 1. The zero-order valence-electron chi connectivity index (χ0n) is 11.6. The molecular weight excluding hydrogens is 256 g/mol. The summed E-state index contributed by atoms with van der Waals surface area (Å²) in [7, 11) is 0. The number of nitrogens with zero attached hydrogens (tertiary/aromatic N) is 1. The van der Waals surface area contributed by atoms with Crippen LogP contribution < -0.4 is 5.73 Å². The van der Waals surface area contributed by atoms with Crippen LogP contribution >= 0.6 is 0 Å². The van der Waals surface area contributed by atoms with Crippen LogP contribution in [-0.2, 0) is 11.3 Å². The van der Waals surface area contributed by atoms with Gasteiger partial charge in [0.15, 0.2) is 0 Å². The van der Waals surface area contributed by atoms with Gasteiger partial charge in [-0.15, -0.1) is 0 Å². The molecule has 0 saturated carbocycles. The Hall–Kier alpha value is -1.59. The molecule has 20 heavy (non-hydrogen) atoms. The largest absolute Gasteiger partial charge is 0.445 e. The lowest BCUT2D eigenvalue weighted by atomic mass is 9.95. The minimum Gasteiger partial charge on any atom is -0.445 e. The Bertz CT molecular complexity index is 424. The summed E-state index contributed by atoms with van der Waals surface area (Å²) in [5.74, 6) is 0. The molecule has 110 valence electrons. The number of amides is 1. The van der Waals surface area contributed by atoms with Gasteiger partial charge in [0.2, 0.25) is 0 Å². The number of aliphatic hydroxyl groups is 1. The maximum absolute atomic E-state index is 12.2. The molecule has 3 N–H and O–H groups in total. The molecule has 0 bridgehead atoms. The Morgan fingerprint density at radius 1 is 1.40 bits per heavy atom. The fraction of sp³-hybridized carbons (Fsp3) is 0.533. The lowest BCUT2D eigenvalue weighted by Crippen LogP contribution is -2.54. The molecule has 1 amide bonds. The van der Waals surface area contributed by atoms with E-state index in [1.165, 1.54) is 0 Å². The molecular formula is C15H22N2O3. The van der Waals surface area contributed by atoms with Crippen LogP contribution in [0.5, 0.6) is 0 Å². The molecule has 0 radical (unpaired) electrons. The van der Waals surface area contributed by atoms with Crippen molar-refractivity contribution in [1.82, 2.24) is 4.90 Å². The van der Waals surface area contributed by atoms with E-state index in [2.05, 4.69) is 0 Å². The topological polar surface area (TPSA) is 75.8 Å². The predicted molar refractivity (Wildman–Crippen MR) is 76.0 cm³/mol. The van der Waals surface area contributed by atoms with Crippen molar-refractivity contribution >= 4 is 6.09 Å². The molecule has 1 aromatic rings. The van der Waals surface area contributed by atoms with Crippen molar-refractivity contribution in [2.24, 2.45) is 5.73 Å². The maximum atomic E-state index is 12.2. The fourth-order valence-corrected chi connectivity index (χ4v) is 2.62. The summed E-state index contributed by atoms with van der Waals surface area (Å²) in [6.07, 6.45) is 1.92. The summed E-state index contributed by atoms with van der Waals surface area (Å²) in [4.78, 5) is 13.8. The molecule has 5 nitrogen and oxygen atoms in total. The standard InChI is InChI=1S/C15H22N2O3/c16-13-7-4-9-17(14(13)8-10-18)15(19)20-11-12-5-2-1-3-6-12/h1-3,5-6,13-14,18H,4,7-11,16H2/t13-,14+/m1/s1. The van der Waals surface area contributed by atoms with E-state index in [9.17, 15) is 4.79 Å². The number of aliphatic hydroxyl groups excluding tert-OH is 1. The van der Waals surface area contributed by atoms with E-state index in [1.807, 2.05) is 30.3 Å². The second kappa shape index (κ2) is 7.26. The first-order valence-electron chi connectivity index (χ1n) is 7.06. The number of hydrogen-bond acceptors (Lipinski definition) is 4. The van der Waals surface area contributed by atoms with E-state index in [4.69, 9.17) is 15.6 Å². The lowest BCUT2D eigenvalue weighted by Gasteiger charge is -2.38. The second-order valence-corrected chi connectivity index (χ2v) is 5.12. The van der Waals surface area contributed by atoms with Crippen LogP contribution in [0.3, 0.4) is 0 Å². The zero-order valence-corrected chi connectivity index (χ0v) is 11.6. The average Bonchev–Trinajstić information content (AvgIpc) is 2.48. The first-order chi connectivity index (χ1) is 9.72. The summed E-state index contributed by atoms with van der Waals surface area (Å²) < 4.78 is 5.34. The van der Waals surface area contributed by atoms with Gasteiger partial charge in [-0.2, -0.15) is 0 Å². The van der Waals surface area contributed by atoms with E-state index in [1.54, 1.807) is 4.90 Å².